The van der Waals surface area contributed by atoms with Crippen LogP contribution < -0.4 is 26.6 Å². The third kappa shape index (κ3) is 15.3. The minimum Gasteiger partial charge on any atom is -0.511 e. The third-order valence-electron chi connectivity index (χ3n) is 8.37. The van der Waals surface area contributed by atoms with E-state index in [0.717, 1.165) is 17.7 Å². The minimum atomic E-state index is -0.243. The number of hydrogen-bond donors (Lipinski definition) is 6. The Balaban J connectivity index is 1.12. The largest absolute Gasteiger partial charge is 0.511 e. The molecule has 0 saturated carbocycles. The first-order valence-electron chi connectivity index (χ1n) is 19.2. The number of aromatic nitrogens is 3. The number of anilines is 4. The van der Waals surface area contributed by atoms with Crippen molar-refractivity contribution in [1.29, 1.82) is 0 Å². The molecule has 0 aliphatic heterocycles. The third-order valence-corrected chi connectivity index (χ3v) is 8.37. The number of amides is 2. The number of carbonyl (C=O) groups excluding carboxylic acids is 2. The van der Waals surface area contributed by atoms with E-state index in [1.54, 1.807) is 42.5 Å². The van der Waals surface area contributed by atoms with Gasteiger partial charge in [0.1, 0.15) is 5.76 Å². The fourth-order valence-electron chi connectivity index (χ4n) is 5.46. The number of benzene rings is 2. The van der Waals surface area contributed by atoms with Gasteiger partial charge in [0.2, 0.25) is 17.8 Å². The van der Waals surface area contributed by atoms with Crippen LogP contribution in [0.2, 0.25) is 0 Å². The number of hydrogen-bond acceptors (Lipinski definition) is 13. The Morgan fingerprint density at radius 3 is 1.96 bits per heavy atom. The van der Waals surface area contributed by atoms with Crippen molar-refractivity contribution in [3.8, 4) is 0 Å². The first-order chi connectivity index (χ1) is 28.0. The molecule has 0 radical (unpaired) electrons. The first kappa shape index (κ1) is 42.3. The van der Waals surface area contributed by atoms with Gasteiger partial charge in [-0.05, 0) is 67.0 Å². The van der Waals surface area contributed by atoms with E-state index in [-0.39, 0.29) is 29.4 Å². The number of allylic oxidation sites excluding steroid dienone is 7. The summed E-state index contributed by atoms with van der Waals surface area (Å²) in [7, 11) is 0. The van der Waals surface area contributed by atoms with Crippen LogP contribution in [-0.2, 0) is 18.9 Å². The van der Waals surface area contributed by atoms with E-state index >= 15 is 0 Å². The highest BCUT2D eigenvalue weighted by molar-refractivity contribution is 5.94. The van der Waals surface area contributed by atoms with Crippen molar-refractivity contribution in [3.05, 3.63) is 125 Å². The molecule has 0 spiro atoms. The maximum absolute atomic E-state index is 12.7. The van der Waals surface area contributed by atoms with Crippen molar-refractivity contribution >= 4 is 35.3 Å². The Labute approximate surface area is 333 Å². The molecule has 2 bridgehead atoms. The molecular formula is C42H52N8O7. The molecule has 1 unspecified atom stereocenters. The summed E-state index contributed by atoms with van der Waals surface area (Å²) in [6, 6.07) is 16.0. The highest BCUT2D eigenvalue weighted by atomic mass is 16.5. The van der Waals surface area contributed by atoms with E-state index < -0.39 is 0 Å². The molecule has 2 aromatic carbocycles. The summed E-state index contributed by atoms with van der Waals surface area (Å²) in [6.45, 7) is 6.86. The van der Waals surface area contributed by atoms with Crippen molar-refractivity contribution in [2.45, 2.75) is 19.8 Å². The summed E-state index contributed by atoms with van der Waals surface area (Å²) in [5, 5.41) is 25.8. The average Bonchev–Trinajstić information content (AvgIpc) is 3.41. The summed E-state index contributed by atoms with van der Waals surface area (Å²) in [6.07, 6.45) is 15.0. The summed E-state index contributed by atoms with van der Waals surface area (Å²) >= 11 is 0. The van der Waals surface area contributed by atoms with Gasteiger partial charge in [-0.1, -0.05) is 55.5 Å². The summed E-state index contributed by atoms with van der Waals surface area (Å²) in [4.78, 5) is 38.6. The van der Waals surface area contributed by atoms with Crippen molar-refractivity contribution in [3.63, 3.8) is 0 Å². The number of carbonyl (C=O) groups is 2. The predicted molar refractivity (Wildman–Crippen MR) is 220 cm³/mol. The summed E-state index contributed by atoms with van der Waals surface area (Å²) in [5.74, 6) is 0.558. The number of aliphatic hydroxyl groups is 1. The number of nitrogens with one attached hydrogen (secondary N) is 5. The molecule has 1 atom stereocenters. The van der Waals surface area contributed by atoms with E-state index in [1.807, 2.05) is 54.7 Å². The molecule has 15 heteroatoms. The normalized spacial score (nSPS) is 14.6. The van der Waals surface area contributed by atoms with Gasteiger partial charge in [0.25, 0.3) is 11.8 Å². The van der Waals surface area contributed by atoms with Crippen LogP contribution in [0.5, 0.6) is 0 Å². The van der Waals surface area contributed by atoms with Crippen LogP contribution in [0.4, 0.5) is 23.5 Å². The minimum absolute atomic E-state index is 0.139. The van der Waals surface area contributed by atoms with Crippen LogP contribution in [-0.4, -0.2) is 104 Å². The fraction of sp³-hybridized carbons (Fsp3) is 0.357. The lowest BCUT2D eigenvalue weighted by atomic mass is 9.99. The quantitative estimate of drug-likeness (QED) is 0.0628. The second kappa shape index (κ2) is 23.9. The number of fused-ring (bicyclic) bond motifs is 1. The van der Waals surface area contributed by atoms with E-state index in [1.165, 1.54) is 0 Å². The monoisotopic (exact) mass is 780 g/mol. The molecule has 15 nitrogen and oxygen atoms in total. The van der Waals surface area contributed by atoms with E-state index in [0.29, 0.717) is 108 Å². The Morgan fingerprint density at radius 1 is 0.702 bits per heavy atom. The molecule has 2 amide bonds. The Hall–Kier alpha value is -5.87. The number of rotatable bonds is 24. The molecule has 1 aromatic heterocycles. The van der Waals surface area contributed by atoms with Gasteiger partial charge >= 0.3 is 0 Å². The molecule has 1 heterocycles. The van der Waals surface area contributed by atoms with Crippen molar-refractivity contribution < 1.29 is 33.6 Å². The lowest BCUT2D eigenvalue weighted by Crippen LogP contribution is -2.27. The standard InChI is InChI=1S/C42H52N8O7/c1-2-22-54-26-27-55-24-20-44-39(53)33-12-16-36(17-13-33)47-42-49-40(45-21-25-57-29-28-56-23-19-43-38(52)32-8-4-3-5-9-32)48-41(50-42)46-35-15-11-31-7-6-10-37(51)34(30-31)14-18-35/h3-10,12-18,30,34,51H,2,11,19-29H2,1H3,(H,43,52)(H,44,53)(H3,45,46,47,48,49,50). The van der Waals surface area contributed by atoms with Gasteiger partial charge < -0.3 is 50.6 Å². The molecule has 2 aliphatic carbocycles. The predicted octanol–water partition coefficient (Wildman–Crippen LogP) is 5.47. The zero-order valence-electron chi connectivity index (χ0n) is 32.2. The zero-order valence-corrected chi connectivity index (χ0v) is 32.2. The summed E-state index contributed by atoms with van der Waals surface area (Å²) < 4.78 is 22.2. The second-order valence-electron chi connectivity index (χ2n) is 12.8. The topological polar surface area (TPSA) is 190 Å². The van der Waals surface area contributed by atoms with Gasteiger partial charge in [-0.2, -0.15) is 15.0 Å². The average molecular weight is 781 g/mol. The van der Waals surface area contributed by atoms with Crippen LogP contribution in [0.15, 0.2) is 114 Å². The first-order valence-corrected chi connectivity index (χ1v) is 19.2. The van der Waals surface area contributed by atoms with Crippen LogP contribution in [0.25, 0.3) is 0 Å². The van der Waals surface area contributed by atoms with Gasteiger partial charge in [0.05, 0.1) is 52.2 Å². The second-order valence-corrected chi connectivity index (χ2v) is 12.8. The molecule has 5 rings (SSSR count). The van der Waals surface area contributed by atoms with Crippen molar-refractivity contribution in [1.82, 2.24) is 25.6 Å². The smallest absolute Gasteiger partial charge is 0.251 e. The molecule has 57 heavy (non-hydrogen) atoms. The van der Waals surface area contributed by atoms with Gasteiger partial charge in [-0.15, -0.1) is 0 Å². The van der Waals surface area contributed by atoms with E-state index in [2.05, 4.69) is 48.5 Å². The van der Waals surface area contributed by atoms with Gasteiger partial charge in [-0.3, -0.25) is 9.59 Å². The van der Waals surface area contributed by atoms with Crippen LogP contribution in [0, 0.1) is 5.92 Å². The summed E-state index contributed by atoms with van der Waals surface area (Å²) in [5.41, 5.74) is 3.61. The highest BCUT2D eigenvalue weighted by Gasteiger charge is 2.14. The molecule has 6 N–H and O–H groups in total. The van der Waals surface area contributed by atoms with Crippen LogP contribution in [0.3, 0.4) is 0 Å². The van der Waals surface area contributed by atoms with E-state index in [4.69, 9.17) is 18.9 Å². The van der Waals surface area contributed by atoms with Gasteiger partial charge in [0, 0.05) is 48.8 Å². The maximum atomic E-state index is 12.7. The number of ether oxygens (including phenoxy) is 4. The van der Waals surface area contributed by atoms with Crippen molar-refractivity contribution in [2.75, 3.05) is 88.4 Å². The fourth-order valence-corrected chi connectivity index (χ4v) is 5.46. The molecule has 302 valence electrons. The Bertz CT molecular complexity index is 1880. The maximum Gasteiger partial charge on any atom is 0.251 e. The van der Waals surface area contributed by atoms with Gasteiger partial charge in [0.15, 0.2) is 0 Å². The number of nitrogens with zero attached hydrogens (tertiary/aromatic N) is 3. The Kier molecular flexibility index (Phi) is 17.7. The van der Waals surface area contributed by atoms with Gasteiger partial charge in [-0.25, -0.2) is 0 Å². The SMILES string of the molecule is CCCOCCOCCNC(=O)c1ccc(Nc2nc(NCCOCCOCCNC(=O)c3ccccc3)nc(NC3=CCC4=CC(C=C3)C(O)=CC=C4)n2)cc1. The molecule has 2 aliphatic rings. The lowest BCUT2D eigenvalue weighted by Gasteiger charge is -2.14. The Morgan fingerprint density at radius 2 is 1.30 bits per heavy atom. The van der Waals surface area contributed by atoms with Crippen molar-refractivity contribution in [2.24, 2.45) is 5.92 Å². The molecule has 0 fully saturated rings. The van der Waals surface area contributed by atoms with Crippen LogP contribution >= 0.6 is 0 Å². The molecule has 0 saturated heterocycles. The number of aliphatic hydroxyl groups excluding tert-OH is 1. The highest BCUT2D eigenvalue weighted by Crippen LogP contribution is 2.25. The molecule has 3 aromatic rings. The lowest BCUT2D eigenvalue weighted by molar-refractivity contribution is 0.0485. The molecular weight excluding hydrogens is 729 g/mol. The van der Waals surface area contributed by atoms with Crippen LogP contribution in [0.1, 0.15) is 40.5 Å². The zero-order chi connectivity index (χ0) is 39.9. The van der Waals surface area contributed by atoms with E-state index in [9.17, 15) is 14.7 Å².